The number of nitrogens with one attached hydrogen (secondary N) is 1. The molecular weight excluding hydrogens is 282 g/mol. The number of thioether (sulfide) groups is 1. The maximum absolute atomic E-state index is 12.0. The van der Waals surface area contributed by atoms with Crippen molar-refractivity contribution in [3.63, 3.8) is 0 Å². The normalized spacial score (nSPS) is 12.9. The van der Waals surface area contributed by atoms with Gasteiger partial charge in [0.2, 0.25) is 0 Å². The van der Waals surface area contributed by atoms with E-state index in [2.05, 4.69) is 26.1 Å². The second-order valence-corrected chi connectivity index (χ2v) is 8.20. The van der Waals surface area contributed by atoms with Gasteiger partial charge < -0.3 is 10.1 Å². The van der Waals surface area contributed by atoms with Gasteiger partial charge in [-0.1, -0.05) is 32.9 Å². The minimum Gasteiger partial charge on any atom is -0.481 e. The summed E-state index contributed by atoms with van der Waals surface area (Å²) in [5, 5.41) is 2.92. The lowest BCUT2D eigenvalue weighted by atomic mass is 10.1. The molecule has 3 nitrogen and oxygen atoms in total. The number of benzene rings is 1. The van der Waals surface area contributed by atoms with Gasteiger partial charge in [0.1, 0.15) is 5.75 Å². The number of hydrogen-bond donors (Lipinski definition) is 1. The van der Waals surface area contributed by atoms with Gasteiger partial charge in [-0.25, -0.2) is 0 Å². The first kappa shape index (κ1) is 17.9. The maximum atomic E-state index is 12.0. The number of aryl methyl sites for hydroxylation is 2. The molecular formula is C17H27NO2S. The van der Waals surface area contributed by atoms with Gasteiger partial charge in [-0.3, -0.25) is 4.79 Å². The van der Waals surface area contributed by atoms with Crippen molar-refractivity contribution in [2.45, 2.75) is 52.4 Å². The molecule has 1 N–H and O–H groups in total. The Balaban J connectivity index is 2.42. The lowest BCUT2D eigenvalue weighted by Gasteiger charge is -2.19. The molecule has 21 heavy (non-hydrogen) atoms. The Morgan fingerprint density at radius 3 is 2.62 bits per heavy atom. The van der Waals surface area contributed by atoms with Crippen molar-refractivity contribution in [3.8, 4) is 5.75 Å². The van der Waals surface area contributed by atoms with Gasteiger partial charge >= 0.3 is 0 Å². The summed E-state index contributed by atoms with van der Waals surface area (Å²) >= 11 is 1.84. The first-order valence-electron chi connectivity index (χ1n) is 7.34. The molecule has 0 heterocycles. The molecule has 0 saturated carbocycles. The summed E-state index contributed by atoms with van der Waals surface area (Å²) in [5.41, 5.74) is 2.17. The van der Waals surface area contributed by atoms with Crippen LogP contribution < -0.4 is 10.1 Å². The van der Waals surface area contributed by atoms with E-state index in [0.717, 1.165) is 22.6 Å². The molecule has 0 spiro atoms. The lowest BCUT2D eigenvalue weighted by molar-refractivity contribution is -0.127. The van der Waals surface area contributed by atoms with Gasteiger partial charge in [0.15, 0.2) is 6.10 Å². The fourth-order valence-electron chi connectivity index (χ4n) is 1.75. The molecule has 0 aliphatic heterocycles. The summed E-state index contributed by atoms with van der Waals surface area (Å²) in [6, 6.07) is 6.01. The summed E-state index contributed by atoms with van der Waals surface area (Å²) < 4.78 is 5.99. The minimum atomic E-state index is -0.481. The van der Waals surface area contributed by atoms with Gasteiger partial charge in [0.05, 0.1) is 0 Å². The monoisotopic (exact) mass is 309 g/mol. The SMILES string of the molecule is Cc1ccc(C)c(O[C@@H](C)C(=O)NCCSC(C)(C)C)c1. The van der Waals surface area contributed by atoms with E-state index >= 15 is 0 Å². The molecule has 1 rings (SSSR count). The van der Waals surface area contributed by atoms with Crippen molar-refractivity contribution in [2.24, 2.45) is 0 Å². The molecule has 1 aromatic rings. The van der Waals surface area contributed by atoms with Crippen LogP contribution in [-0.2, 0) is 4.79 Å². The Morgan fingerprint density at radius 1 is 1.33 bits per heavy atom. The van der Waals surface area contributed by atoms with Gasteiger partial charge in [-0.05, 0) is 38.0 Å². The smallest absolute Gasteiger partial charge is 0.260 e. The van der Waals surface area contributed by atoms with Crippen molar-refractivity contribution in [3.05, 3.63) is 29.3 Å². The van der Waals surface area contributed by atoms with Crippen LogP contribution in [0.3, 0.4) is 0 Å². The zero-order valence-electron chi connectivity index (χ0n) is 13.9. The van der Waals surface area contributed by atoms with Crippen LogP contribution in [0.5, 0.6) is 5.75 Å². The first-order valence-corrected chi connectivity index (χ1v) is 8.33. The second kappa shape index (κ2) is 7.74. The van der Waals surface area contributed by atoms with Crippen molar-refractivity contribution in [2.75, 3.05) is 12.3 Å². The Bertz CT molecular complexity index is 480. The highest BCUT2D eigenvalue weighted by atomic mass is 32.2. The Morgan fingerprint density at radius 2 is 2.00 bits per heavy atom. The van der Waals surface area contributed by atoms with Crippen molar-refractivity contribution in [1.29, 1.82) is 0 Å². The fourth-order valence-corrected chi connectivity index (χ4v) is 2.57. The summed E-state index contributed by atoms with van der Waals surface area (Å²) in [7, 11) is 0. The molecule has 0 bridgehead atoms. The Hall–Kier alpha value is -1.16. The third kappa shape index (κ3) is 6.89. The standard InChI is InChI=1S/C17H27NO2S/c1-12-7-8-13(2)15(11-12)20-14(3)16(19)18-9-10-21-17(4,5)6/h7-8,11,14H,9-10H2,1-6H3,(H,18,19)/t14-/m0/s1. The van der Waals surface area contributed by atoms with Crippen LogP contribution in [0.2, 0.25) is 0 Å². The highest BCUT2D eigenvalue weighted by Crippen LogP contribution is 2.22. The maximum Gasteiger partial charge on any atom is 0.260 e. The summed E-state index contributed by atoms with van der Waals surface area (Å²) in [5.74, 6) is 1.62. The zero-order chi connectivity index (χ0) is 16.0. The van der Waals surface area contributed by atoms with Crippen molar-refractivity contribution in [1.82, 2.24) is 5.32 Å². The van der Waals surface area contributed by atoms with Gasteiger partial charge in [-0.15, -0.1) is 0 Å². The van der Waals surface area contributed by atoms with Crippen molar-refractivity contribution < 1.29 is 9.53 Å². The molecule has 0 aliphatic rings. The van der Waals surface area contributed by atoms with Crippen LogP contribution in [0.25, 0.3) is 0 Å². The molecule has 1 amide bonds. The van der Waals surface area contributed by atoms with Crippen molar-refractivity contribution >= 4 is 17.7 Å². The summed E-state index contributed by atoms with van der Waals surface area (Å²) in [4.78, 5) is 12.0. The molecule has 0 aromatic heterocycles. The molecule has 0 fully saturated rings. The quantitative estimate of drug-likeness (QED) is 0.814. The van der Waals surface area contributed by atoms with Crippen LogP contribution in [-0.4, -0.2) is 29.1 Å². The Kier molecular flexibility index (Phi) is 6.59. The van der Waals surface area contributed by atoms with Crippen LogP contribution in [0.4, 0.5) is 0 Å². The van der Waals surface area contributed by atoms with E-state index in [1.165, 1.54) is 0 Å². The number of hydrogen-bond acceptors (Lipinski definition) is 3. The predicted octanol–water partition coefficient (Wildman–Crippen LogP) is 3.72. The fraction of sp³-hybridized carbons (Fsp3) is 0.588. The van der Waals surface area contributed by atoms with Crippen LogP contribution in [0.1, 0.15) is 38.8 Å². The highest BCUT2D eigenvalue weighted by molar-refractivity contribution is 8.00. The molecule has 4 heteroatoms. The number of rotatable bonds is 6. The van der Waals surface area contributed by atoms with Gasteiger partial charge in [0.25, 0.3) is 5.91 Å². The van der Waals surface area contributed by atoms with E-state index in [-0.39, 0.29) is 10.7 Å². The Labute approximate surface area is 132 Å². The van der Waals surface area contributed by atoms with Crippen LogP contribution >= 0.6 is 11.8 Å². The number of amides is 1. The van der Waals surface area contributed by atoms with E-state index in [9.17, 15) is 4.79 Å². The predicted molar refractivity (Wildman–Crippen MR) is 91.2 cm³/mol. The molecule has 118 valence electrons. The third-order valence-electron chi connectivity index (χ3n) is 2.95. The molecule has 1 aromatic carbocycles. The number of carbonyl (C=O) groups excluding carboxylic acids is 1. The van der Waals surface area contributed by atoms with E-state index < -0.39 is 6.10 Å². The third-order valence-corrected chi connectivity index (χ3v) is 4.23. The van der Waals surface area contributed by atoms with E-state index in [4.69, 9.17) is 4.74 Å². The van der Waals surface area contributed by atoms with E-state index in [1.54, 1.807) is 6.92 Å². The highest BCUT2D eigenvalue weighted by Gasteiger charge is 2.16. The molecule has 0 radical (unpaired) electrons. The lowest BCUT2D eigenvalue weighted by Crippen LogP contribution is -2.37. The molecule has 0 unspecified atom stereocenters. The van der Waals surface area contributed by atoms with Crippen LogP contribution in [0.15, 0.2) is 18.2 Å². The molecule has 1 atom stereocenters. The van der Waals surface area contributed by atoms with E-state index in [0.29, 0.717) is 6.54 Å². The average Bonchev–Trinajstić information content (AvgIpc) is 2.37. The second-order valence-electron chi connectivity index (χ2n) is 6.28. The average molecular weight is 309 g/mol. The number of ether oxygens (including phenoxy) is 1. The number of carbonyl (C=O) groups is 1. The summed E-state index contributed by atoms with van der Waals surface area (Å²) in [6.45, 7) is 13.0. The molecule has 0 aliphatic carbocycles. The topological polar surface area (TPSA) is 38.3 Å². The zero-order valence-corrected chi connectivity index (χ0v) is 14.8. The molecule has 0 saturated heterocycles. The minimum absolute atomic E-state index is 0.0644. The largest absolute Gasteiger partial charge is 0.481 e. The van der Waals surface area contributed by atoms with E-state index in [1.807, 2.05) is 43.8 Å². The summed E-state index contributed by atoms with van der Waals surface area (Å²) in [6.07, 6.45) is -0.481. The van der Waals surface area contributed by atoms with Gasteiger partial charge in [-0.2, -0.15) is 11.8 Å². The first-order chi connectivity index (χ1) is 9.69. The van der Waals surface area contributed by atoms with Crippen LogP contribution in [0, 0.1) is 13.8 Å². The van der Waals surface area contributed by atoms with Gasteiger partial charge in [0, 0.05) is 17.0 Å².